The Morgan fingerprint density at radius 2 is 1.92 bits per heavy atom. The third-order valence-electron chi connectivity index (χ3n) is 3.20. The molecular formula is C10H19NO2. The van der Waals surface area contributed by atoms with E-state index >= 15 is 0 Å². The smallest absolute Gasteiger partial charge is 0.311 e. The van der Waals surface area contributed by atoms with Crippen LogP contribution in [0.25, 0.3) is 0 Å². The average Bonchev–Trinajstić information content (AvgIpc) is 1.81. The molecule has 0 amide bonds. The monoisotopic (exact) mass is 185 g/mol. The second-order valence-electron chi connectivity index (χ2n) is 5.16. The third-order valence-corrected chi connectivity index (χ3v) is 3.20. The van der Waals surface area contributed by atoms with Gasteiger partial charge in [0.2, 0.25) is 0 Å². The quantitative estimate of drug-likeness (QED) is 0.687. The Morgan fingerprint density at radius 1 is 1.46 bits per heavy atom. The number of hydrogen-bond donors (Lipinski definition) is 2. The molecule has 1 saturated carbocycles. The fourth-order valence-corrected chi connectivity index (χ4v) is 2.04. The highest BCUT2D eigenvalue weighted by atomic mass is 16.4. The molecule has 1 rings (SSSR count). The zero-order valence-corrected chi connectivity index (χ0v) is 8.63. The maximum absolute atomic E-state index is 11.1. The Labute approximate surface area is 79.3 Å². The van der Waals surface area contributed by atoms with Gasteiger partial charge in [-0.15, -0.1) is 0 Å². The Bertz CT molecular complexity index is 213. The lowest BCUT2D eigenvalue weighted by atomic mass is 9.58. The van der Waals surface area contributed by atoms with Crippen LogP contribution in [0.2, 0.25) is 0 Å². The second kappa shape index (κ2) is 2.98. The molecule has 76 valence electrons. The molecule has 0 aromatic carbocycles. The molecule has 1 aliphatic carbocycles. The van der Waals surface area contributed by atoms with Gasteiger partial charge in [-0.25, -0.2) is 0 Å². The van der Waals surface area contributed by atoms with Gasteiger partial charge < -0.3 is 10.8 Å². The van der Waals surface area contributed by atoms with Crippen molar-refractivity contribution >= 4 is 5.97 Å². The molecule has 0 aromatic heterocycles. The molecule has 0 spiro atoms. The zero-order chi connectivity index (χ0) is 10.3. The van der Waals surface area contributed by atoms with Gasteiger partial charge in [0.15, 0.2) is 0 Å². The summed E-state index contributed by atoms with van der Waals surface area (Å²) in [5.74, 6) is -0.721. The molecule has 1 aliphatic rings. The topological polar surface area (TPSA) is 63.3 Å². The van der Waals surface area contributed by atoms with Crippen LogP contribution in [0.3, 0.4) is 0 Å². The highest BCUT2D eigenvalue weighted by Crippen LogP contribution is 2.48. The summed E-state index contributed by atoms with van der Waals surface area (Å²) >= 11 is 0. The number of hydrogen-bond acceptors (Lipinski definition) is 2. The number of aliphatic carboxylic acids is 1. The van der Waals surface area contributed by atoms with Crippen molar-refractivity contribution in [3.8, 4) is 0 Å². The zero-order valence-electron chi connectivity index (χ0n) is 8.63. The molecule has 0 saturated heterocycles. The van der Waals surface area contributed by atoms with E-state index in [1.165, 1.54) is 0 Å². The van der Waals surface area contributed by atoms with Gasteiger partial charge in [-0.1, -0.05) is 27.2 Å². The number of nitrogens with two attached hydrogens (primary N) is 1. The highest BCUT2D eigenvalue weighted by Gasteiger charge is 2.52. The first-order valence-electron chi connectivity index (χ1n) is 4.80. The fourth-order valence-electron chi connectivity index (χ4n) is 2.04. The molecule has 3 heteroatoms. The Hall–Kier alpha value is -0.570. The lowest BCUT2D eigenvalue weighted by Crippen LogP contribution is -2.57. The van der Waals surface area contributed by atoms with E-state index < -0.39 is 11.4 Å². The minimum Gasteiger partial charge on any atom is -0.481 e. The van der Waals surface area contributed by atoms with E-state index in [2.05, 4.69) is 0 Å². The van der Waals surface area contributed by atoms with Crippen LogP contribution in [-0.4, -0.2) is 17.1 Å². The summed E-state index contributed by atoms with van der Waals surface area (Å²) in [5, 5.41) is 9.14. The van der Waals surface area contributed by atoms with Crippen LogP contribution in [0.15, 0.2) is 0 Å². The lowest BCUT2D eigenvalue weighted by Gasteiger charge is -2.47. The molecule has 0 aromatic rings. The first kappa shape index (κ1) is 10.5. The van der Waals surface area contributed by atoms with Crippen LogP contribution in [0.5, 0.6) is 0 Å². The summed E-state index contributed by atoms with van der Waals surface area (Å²) < 4.78 is 0. The van der Waals surface area contributed by atoms with Crippen LogP contribution < -0.4 is 5.73 Å². The summed E-state index contributed by atoms with van der Waals surface area (Å²) in [6.07, 6.45) is 2.47. The van der Waals surface area contributed by atoms with E-state index in [-0.39, 0.29) is 11.5 Å². The summed E-state index contributed by atoms with van der Waals surface area (Å²) in [7, 11) is 0. The summed E-state index contributed by atoms with van der Waals surface area (Å²) in [6, 6.07) is -0.244. The normalized spacial score (nSPS) is 23.4. The van der Waals surface area contributed by atoms with Crippen molar-refractivity contribution in [1.29, 1.82) is 0 Å². The Morgan fingerprint density at radius 3 is 2.00 bits per heavy atom. The van der Waals surface area contributed by atoms with Crippen LogP contribution in [0, 0.1) is 10.8 Å². The first-order chi connectivity index (χ1) is 5.81. The number of carboxylic acids is 1. The highest BCUT2D eigenvalue weighted by molar-refractivity contribution is 5.77. The van der Waals surface area contributed by atoms with Crippen molar-refractivity contribution in [2.24, 2.45) is 16.6 Å². The van der Waals surface area contributed by atoms with E-state index in [1.807, 2.05) is 20.8 Å². The molecule has 0 bridgehead atoms. The standard InChI is InChI=1S/C10H19NO2/c1-9(2,3)7(11)10(8(12)13)5-4-6-10/h7H,4-6,11H2,1-3H3,(H,12,13). The number of rotatable bonds is 2. The molecule has 1 unspecified atom stereocenters. The van der Waals surface area contributed by atoms with Crippen molar-refractivity contribution in [3.63, 3.8) is 0 Å². The molecular weight excluding hydrogens is 166 g/mol. The molecule has 13 heavy (non-hydrogen) atoms. The Kier molecular flexibility index (Phi) is 2.41. The van der Waals surface area contributed by atoms with Gasteiger partial charge in [-0.3, -0.25) is 4.79 Å². The molecule has 3 nitrogen and oxygen atoms in total. The molecule has 1 atom stereocenters. The van der Waals surface area contributed by atoms with Crippen LogP contribution in [0.1, 0.15) is 40.0 Å². The van der Waals surface area contributed by atoms with E-state index in [4.69, 9.17) is 10.8 Å². The predicted octanol–water partition coefficient (Wildman–Crippen LogP) is 1.61. The van der Waals surface area contributed by atoms with E-state index in [0.29, 0.717) is 0 Å². The summed E-state index contributed by atoms with van der Waals surface area (Å²) in [4.78, 5) is 11.1. The maximum Gasteiger partial charge on any atom is 0.311 e. The fraction of sp³-hybridized carbons (Fsp3) is 0.900. The van der Waals surface area contributed by atoms with Gasteiger partial charge >= 0.3 is 5.97 Å². The minimum atomic E-state index is -0.721. The molecule has 0 aliphatic heterocycles. The number of carboxylic acid groups (broad SMARTS) is 1. The van der Waals surface area contributed by atoms with Crippen LogP contribution in [-0.2, 0) is 4.79 Å². The van der Waals surface area contributed by atoms with Crippen molar-refractivity contribution < 1.29 is 9.90 Å². The summed E-state index contributed by atoms with van der Waals surface area (Å²) in [5.41, 5.74) is 5.24. The van der Waals surface area contributed by atoms with Crippen molar-refractivity contribution in [3.05, 3.63) is 0 Å². The molecule has 0 heterocycles. The minimum absolute atomic E-state index is 0.126. The first-order valence-corrected chi connectivity index (χ1v) is 4.80. The van der Waals surface area contributed by atoms with Gasteiger partial charge in [0, 0.05) is 6.04 Å². The van der Waals surface area contributed by atoms with E-state index in [9.17, 15) is 4.79 Å². The van der Waals surface area contributed by atoms with Gasteiger partial charge in [-0.05, 0) is 18.3 Å². The number of carbonyl (C=O) groups is 1. The second-order valence-corrected chi connectivity index (χ2v) is 5.16. The molecule has 0 radical (unpaired) electrons. The SMILES string of the molecule is CC(C)(C)C(N)C1(C(=O)O)CCC1. The maximum atomic E-state index is 11.1. The lowest BCUT2D eigenvalue weighted by molar-refractivity contribution is -0.159. The van der Waals surface area contributed by atoms with E-state index in [1.54, 1.807) is 0 Å². The van der Waals surface area contributed by atoms with Crippen LogP contribution >= 0.6 is 0 Å². The van der Waals surface area contributed by atoms with E-state index in [0.717, 1.165) is 19.3 Å². The van der Waals surface area contributed by atoms with Crippen molar-refractivity contribution in [2.45, 2.75) is 46.1 Å². The molecule has 1 fully saturated rings. The van der Waals surface area contributed by atoms with Crippen LogP contribution in [0.4, 0.5) is 0 Å². The molecule has 3 N–H and O–H groups in total. The van der Waals surface area contributed by atoms with Gasteiger partial charge in [0.1, 0.15) is 0 Å². The van der Waals surface area contributed by atoms with Gasteiger partial charge in [0.25, 0.3) is 0 Å². The largest absolute Gasteiger partial charge is 0.481 e. The Balaban J connectivity index is 2.84. The summed E-state index contributed by atoms with van der Waals surface area (Å²) in [6.45, 7) is 6.00. The van der Waals surface area contributed by atoms with Gasteiger partial charge in [0.05, 0.1) is 5.41 Å². The van der Waals surface area contributed by atoms with Gasteiger partial charge in [-0.2, -0.15) is 0 Å². The average molecular weight is 185 g/mol. The third kappa shape index (κ3) is 1.57. The van der Waals surface area contributed by atoms with Crippen molar-refractivity contribution in [2.75, 3.05) is 0 Å². The predicted molar refractivity (Wildman–Crippen MR) is 51.4 cm³/mol. The van der Waals surface area contributed by atoms with Crippen molar-refractivity contribution in [1.82, 2.24) is 0 Å².